The van der Waals surface area contributed by atoms with Crippen LogP contribution < -0.4 is 0 Å². The van der Waals surface area contributed by atoms with Crippen LogP contribution in [0.3, 0.4) is 0 Å². The van der Waals surface area contributed by atoms with Crippen molar-refractivity contribution >= 4 is 5.97 Å². The molecule has 0 aromatic carbocycles. The van der Waals surface area contributed by atoms with E-state index in [9.17, 15) is 25.2 Å². The predicted molar refractivity (Wildman–Crippen MR) is 93.8 cm³/mol. The van der Waals surface area contributed by atoms with Gasteiger partial charge in [-0.1, -0.05) is 25.5 Å². The number of carboxylic acid groups (broad SMARTS) is 1. The number of hydrogen-bond donors (Lipinski definition) is 4. The summed E-state index contributed by atoms with van der Waals surface area (Å²) >= 11 is 0. The molecule has 3 aliphatic carbocycles. The Labute approximate surface area is 149 Å². The highest BCUT2D eigenvalue weighted by atomic mass is 16.4. The fraction of sp³-hybridized carbons (Fsp3) is 0.850. The van der Waals surface area contributed by atoms with Crippen LogP contribution in [0.1, 0.15) is 59.3 Å². The lowest BCUT2D eigenvalue weighted by molar-refractivity contribution is -0.174. The second-order valence-electron chi connectivity index (χ2n) is 9.40. The molecular weight excluding hydrogens is 320 g/mol. The van der Waals surface area contributed by atoms with Gasteiger partial charge < -0.3 is 20.4 Å². The van der Waals surface area contributed by atoms with Crippen molar-refractivity contribution in [2.24, 2.45) is 28.1 Å². The van der Waals surface area contributed by atoms with Gasteiger partial charge in [-0.15, -0.1) is 0 Å². The summed E-state index contributed by atoms with van der Waals surface area (Å²) in [6.45, 7) is 5.70. The van der Waals surface area contributed by atoms with Gasteiger partial charge in [0.2, 0.25) is 0 Å². The van der Waals surface area contributed by atoms with Crippen LogP contribution in [0, 0.1) is 28.1 Å². The summed E-state index contributed by atoms with van der Waals surface area (Å²) in [4.78, 5) is 12.0. The molecule has 5 nitrogen and oxygen atoms in total. The SMILES string of the molecule is C[C@@]12C[C@H](O)C[C@@](C)(C(=O)O)[C@@H]1CCC1=C[C@@](C)([C@@H](O)CO)CC[C@@H]12. The molecule has 3 rings (SSSR count). The second-order valence-corrected chi connectivity index (χ2v) is 9.40. The zero-order valence-electron chi connectivity index (χ0n) is 15.5. The number of carbonyl (C=O) groups is 1. The Kier molecular flexibility index (Phi) is 4.58. The summed E-state index contributed by atoms with van der Waals surface area (Å²) in [5, 5.41) is 39.9. The summed E-state index contributed by atoms with van der Waals surface area (Å²) in [5.74, 6) is -0.500. The average molecular weight is 352 g/mol. The summed E-state index contributed by atoms with van der Waals surface area (Å²) in [6, 6.07) is 0. The van der Waals surface area contributed by atoms with E-state index in [1.54, 1.807) is 6.92 Å². The fourth-order valence-corrected chi connectivity index (χ4v) is 6.37. The van der Waals surface area contributed by atoms with Crippen molar-refractivity contribution in [1.29, 1.82) is 0 Å². The highest BCUT2D eigenvalue weighted by Gasteiger charge is 2.60. The number of aliphatic hydroxyl groups is 3. The number of rotatable bonds is 3. The highest BCUT2D eigenvalue weighted by molar-refractivity contribution is 5.75. The normalized spacial score (nSPS) is 48.1. The van der Waals surface area contributed by atoms with E-state index in [1.807, 2.05) is 6.92 Å². The molecule has 0 spiro atoms. The Morgan fingerprint density at radius 2 is 1.96 bits per heavy atom. The maximum absolute atomic E-state index is 12.0. The van der Waals surface area contributed by atoms with Crippen molar-refractivity contribution in [2.45, 2.75) is 71.5 Å². The number of aliphatic carboxylic acids is 1. The third-order valence-corrected chi connectivity index (χ3v) is 7.78. The van der Waals surface area contributed by atoms with Gasteiger partial charge in [-0.05, 0) is 62.7 Å². The zero-order valence-corrected chi connectivity index (χ0v) is 15.5. The van der Waals surface area contributed by atoms with Crippen LogP contribution in [0.2, 0.25) is 0 Å². The molecule has 0 bridgehead atoms. The summed E-state index contributed by atoms with van der Waals surface area (Å²) in [5.41, 5.74) is -0.265. The van der Waals surface area contributed by atoms with Crippen molar-refractivity contribution in [2.75, 3.05) is 6.61 Å². The van der Waals surface area contributed by atoms with Crippen molar-refractivity contribution in [1.82, 2.24) is 0 Å². The number of allylic oxidation sites excluding steroid dienone is 1. The van der Waals surface area contributed by atoms with Crippen LogP contribution in [-0.2, 0) is 4.79 Å². The quantitative estimate of drug-likeness (QED) is 0.585. The van der Waals surface area contributed by atoms with Crippen LogP contribution in [0.25, 0.3) is 0 Å². The highest BCUT2D eigenvalue weighted by Crippen LogP contribution is 2.64. The lowest BCUT2D eigenvalue weighted by Crippen LogP contribution is -2.57. The minimum Gasteiger partial charge on any atom is -0.481 e. The molecule has 142 valence electrons. The van der Waals surface area contributed by atoms with Gasteiger partial charge in [0.1, 0.15) is 0 Å². The topological polar surface area (TPSA) is 98.0 Å². The molecule has 7 atom stereocenters. The number of fused-ring (bicyclic) bond motifs is 3. The molecule has 0 aromatic rings. The predicted octanol–water partition coefficient (Wildman–Crippen LogP) is 2.34. The third kappa shape index (κ3) is 2.75. The van der Waals surface area contributed by atoms with E-state index >= 15 is 0 Å². The largest absolute Gasteiger partial charge is 0.481 e. The minimum atomic E-state index is -0.886. The fourth-order valence-electron chi connectivity index (χ4n) is 6.37. The Bertz CT molecular complexity index is 587. The summed E-state index contributed by atoms with van der Waals surface area (Å²) in [7, 11) is 0. The van der Waals surface area contributed by atoms with Gasteiger partial charge >= 0.3 is 5.97 Å². The van der Waals surface area contributed by atoms with E-state index in [0.717, 1.165) is 25.7 Å². The lowest BCUT2D eigenvalue weighted by atomic mass is 9.44. The van der Waals surface area contributed by atoms with Crippen molar-refractivity contribution in [3.63, 3.8) is 0 Å². The monoisotopic (exact) mass is 352 g/mol. The molecule has 0 amide bonds. The Morgan fingerprint density at radius 1 is 1.28 bits per heavy atom. The minimum absolute atomic E-state index is 0.0511. The van der Waals surface area contributed by atoms with E-state index < -0.39 is 29.0 Å². The van der Waals surface area contributed by atoms with Gasteiger partial charge in [-0.25, -0.2) is 0 Å². The average Bonchev–Trinajstić information content (AvgIpc) is 2.52. The van der Waals surface area contributed by atoms with Crippen LogP contribution >= 0.6 is 0 Å². The lowest BCUT2D eigenvalue weighted by Gasteiger charge is -2.60. The molecule has 25 heavy (non-hydrogen) atoms. The van der Waals surface area contributed by atoms with Crippen molar-refractivity contribution in [3.05, 3.63) is 11.6 Å². The second kappa shape index (κ2) is 6.07. The summed E-state index contributed by atoms with van der Waals surface area (Å²) < 4.78 is 0. The number of hydrogen-bond acceptors (Lipinski definition) is 4. The molecular formula is C20H32O5. The molecule has 2 fully saturated rings. The first-order valence-corrected chi connectivity index (χ1v) is 9.49. The van der Waals surface area contributed by atoms with Gasteiger partial charge in [0.05, 0.1) is 24.2 Å². The maximum Gasteiger partial charge on any atom is 0.309 e. The van der Waals surface area contributed by atoms with Gasteiger partial charge in [0.25, 0.3) is 0 Å². The van der Waals surface area contributed by atoms with E-state index in [2.05, 4.69) is 13.0 Å². The van der Waals surface area contributed by atoms with E-state index in [4.69, 9.17) is 0 Å². The van der Waals surface area contributed by atoms with Gasteiger partial charge in [0, 0.05) is 5.41 Å². The van der Waals surface area contributed by atoms with Gasteiger partial charge in [-0.3, -0.25) is 4.79 Å². The van der Waals surface area contributed by atoms with Gasteiger partial charge in [-0.2, -0.15) is 0 Å². The molecule has 2 saturated carbocycles. The Morgan fingerprint density at radius 3 is 2.56 bits per heavy atom. The summed E-state index contributed by atoms with van der Waals surface area (Å²) in [6.07, 6.45) is 5.04. The first kappa shape index (κ1) is 18.9. The van der Waals surface area contributed by atoms with Crippen LogP contribution in [0.5, 0.6) is 0 Å². The van der Waals surface area contributed by atoms with E-state index in [-0.39, 0.29) is 23.9 Å². The zero-order chi connectivity index (χ0) is 18.6. The standard InChI is InChI=1S/C20H32O5/c1-18(16(23)11-21)7-6-14-12(8-18)4-5-15-19(14,2)9-13(22)10-20(15,3)17(24)25/h8,13-16,21-23H,4-7,9-11H2,1-3H3,(H,24,25)/t13-,14-,15+,16-,18-,19-,20+/m0/s1. The van der Waals surface area contributed by atoms with E-state index in [0.29, 0.717) is 12.8 Å². The number of aliphatic hydroxyl groups excluding tert-OH is 3. The maximum atomic E-state index is 12.0. The molecule has 3 aliphatic rings. The molecule has 0 saturated heterocycles. The Balaban J connectivity index is 1.98. The van der Waals surface area contributed by atoms with Crippen molar-refractivity contribution < 1.29 is 25.2 Å². The first-order valence-electron chi connectivity index (χ1n) is 9.49. The molecule has 5 heteroatoms. The molecule has 0 unspecified atom stereocenters. The molecule has 0 aliphatic heterocycles. The molecule has 0 heterocycles. The van der Waals surface area contributed by atoms with Crippen LogP contribution in [0.15, 0.2) is 11.6 Å². The van der Waals surface area contributed by atoms with Crippen LogP contribution in [-0.4, -0.2) is 45.2 Å². The number of carboxylic acids is 1. The molecule has 0 radical (unpaired) electrons. The smallest absolute Gasteiger partial charge is 0.309 e. The van der Waals surface area contributed by atoms with E-state index in [1.165, 1.54) is 5.57 Å². The molecule has 0 aromatic heterocycles. The third-order valence-electron chi connectivity index (χ3n) is 7.78. The molecule has 4 N–H and O–H groups in total. The first-order chi connectivity index (χ1) is 11.6. The Hall–Kier alpha value is -0.910. The van der Waals surface area contributed by atoms with Crippen molar-refractivity contribution in [3.8, 4) is 0 Å². The van der Waals surface area contributed by atoms with Gasteiger partial charge in [0.15, 0.2) is 0 Å². The van der Waals surface area contributed by atoms with Crippen LogP contribution in [0.4, 0.5) is 0 Å².